The second-order valence-corrected chi connectivity index (χ2v) is 5.99. The Hall–Kier alpha value is -2.33. The van der Waals surface area contributed by atoms with Gasteiger partial charge in [0.05, 0.1) is 12.3 Å². The number of hydrogen-bond acceptors (Lipinski definition) is 3. The topological polar surface area (TPSA) is 42.2 Å². The molecule has 2 heterocycles. The lowest BCUT2D eigenvalue weighted by atomic mass is 10.1. The molecule has 4 heteroatoms. The molecule has 0 unspecified atom stereocenters. The van der Waals surface area contributed by atoms with Gasteiger partial charge in [-0.25, -0.2) is 0 Å². The highest BCUT2D eigenvalue weighted by atomic mass is 32.1. The van der Waals surface area contributed by atoms with Crippen molar-refractivity contribution < 1.29 is 9.21 Å². The Morgan fingerprint density at radius 2 is 1.95 bits per heavy atom. The summed E-state index contributed by atoms with van der Waals surface area (Å²) in [5.74, 6) is 0.862. The molecule has 0 spiro atoms. The number of furan rings is 1. The maximum Gasteiger partial charge on any atom is 0.221 e. The molecule has 0 fully saturated rings. The molecular weight excluding hydrogens is 294 g/mol. The lowest BCUT2D eigenvalue weighted by molar-refractivity contribution is -0.121. The van der Waals surface area contributed by atoms with Crippen LogP contribution in [0.15, 0.2) is 70.7 Å². The van der Waals surface area contributed by atoms with Crippen molar-refractivity contribution in [2.75, 3.05) is 0 Å². The zero-order chi connectivity index (χ0) is 15.2. The Morgan fingerprint density at radius 1 is 1.09 bits per heavy atom. The van der Waals surface area contributed by atoms with Gasteiger partial charge in [0.1, 0.15) is 5.76 Å². The minimum atomic E-state index is -0.0923. The largest absolute Gasteiger partial charge is 0.469 e. The normalized spacial score (nSPS) is 12.0. The molecule has 0 aliphatic rings. The Bertz CT molecular complexity index is 690. The molecule has 0 aliphatic heterocycles. The fraction of sp³-hybridized carbons (Fsp3) is 0.167. The fourth-order valence-corrected chi connectivity index (χ4v) is 3.15. The van der Waals surface area contributed by atoms with Gasteiger partial charge in [-0.1, -0.05) is 36.4 Å². The summed E-state index contributed by atoms with van der Waals surface area (Å²) in [5.41, 5.74) is 1.09. The number of hydrogen-bond donors (Lipinski definition) is 1. The van der Waals surface area contributed by atoms with Crippen molar-refractivity contribution in [3.8, 4) is 0 Å². The number of rotatable bonds is 6. The summed E-state index contributed by atoms with van der Waals surface area (Å²) < 4.78 is 5.27. The smallest absolute Gasteiger partial charge is 0.221 e. The van der Waals surface area contributed by atoms with E-state index < -0.39 is 0 Å². The van der Waals surface area contributed by atoms with E-state index in [0.717, 1.165) is 16.2 Å². The summed E-state index contributed by atoms with van der Waals surface area (Å²) >= 11 is 1.65. The molecule has 3 rings (SSSR count). The summed E-state index contributed by atoms with van der Waals surface area (Å²) in [5, 5.41) is 5.16. The van der Waals surface area contributed by atoms with E-state index in [1.165, 1.54) is 0 Å². The zero-order valence-corrected chi connectivity index (χ0v) is 12.9. The first kappa shape index (κ1) is 14.6. The molecule has 0 saturated carbocycles. The minimum Gasteiger partial charge on any atom is -0.469 e. The van der Waals surface area contributed by atoms with E-state index in [1.54, 1.807) is 17.6 Å². The third kappa shape index (κ3) is 3.65. The van der Waals surface area contributed by atoms with Crippen LogP contribution in [0.1, 0.15) is 28.7 Å². The highest BCUT2D eigenvalue weighted by molar-refractivity contribution is 7.10. The molecule has 1 aromatic carbocycles. The first-order valence-electron chi connectivity index (χ1n) is 7.23. The summed E-state index contributed by atoms with van der Waals surface area (Å²) in [6, 6.07) is 17.7. The average Bonchev–Trinajstić information content (AvgIpc) is 3.25. The zero-order valence-electron chi connectivity index (χ0n) is 12.1. The van der Waals surface area contributed by atoms with Crippen molar-refractivity contribution in [1.29, 1.82) is 0 Å². The number of aryl methyl sites for hydroxylation is 1. The molecule has 3 nitrogen and oxygen atoms in total. The fourth-order valence-electron chi connectivity index (χ4n) is 2.34. The number of benzene rings is 1. The van der Waals surface area contributed by atoms with E-state index in [1.807, 2.05) is 53.9 Å². The van der Waals surface area contributed by atoms with Crippen molar-refractivity contribution in [3.05, 3.63) is 82.4 Å². The molecule has 3 aromatic rings. The van der Waals surface area contributed by atoms with Crippen molar-refractivity contribution >= 4 is 17.2 Å². The lowest BCUT2D eigenvalue weighted by Gasteiger charge is -2.18. The quantitative estimate of drug-likeness (QED) is 0.742. The number of nitrogens with one attached hydrogen (secondary N) is 1. The Morgan fingerprint density at radius 3 is 2.64 bits per heavy atom. The van der Waals surface area contributed by atoms with Gasteiger partial charge in [-0.15, -0.1) is 11.3 Å². The number of thiophene rings is 1. The summed E-state index contributed by atoms with van der Waals surface area (Å²) in [4.78, 5) is 13.4. The van der Waals surface area contributed by atoms with Crippen LogP contribution in [-0.2, 0) is 11.2 Å². The number of amides is 1. The van der Waals surface area contributed by atoms with Crippen molar-refractivity contribution in [1.82, 2.24) is 5.32 Å². The van der Waals surface area contributed by atoms with Crippen LogP contribution in [-0.4, -0.2) is 5.91 Å². The molecule has 112 valence electrons. The van der Waals surface area contributed by atoms with Crippen LogP contribution in [0.5, 0.6) is 0 Å². The maximum absolute atomic E-state index is 12.3. The van der Waals surface area contributed by atoms with Crippen molar-refractivity contribution in [2.24, 2.45) is 0 Å². The van der Waals surface area contributed by atoms with Gasteiger partial charge in [-0.05, 0) is 29.1 Å². The molecule has 2 aromatic heterocycles. The maximum atomic E-state index is 12.3. The Kier molecular flexibility index (Phi) is 4.71. The molecular formula is C18H17NO2S. The molecule has 1 amide bonds. The van der Waals surface area contributed by atoms with Crippen LogP contribution >= 0.6 is 11.3 Å². The molecule has 0 saturated heterocycles. The first-order valence-corrected chi connectivity index (χ1v) is 8.11. The average molecular weight is 311 g/mol. The first-order chi connectivity index (χ1) is 10.8. The highest BCUT2D eigenvalue weighted by Gasteiger charge is 2.17. The van der Waals surface area contributed by atoms with Crippen LogP contribution in [0, 0.1) is 0 Å². The molecule has 0 aliphatic carbocycles. The number of carbonyl (C=O) groups is 1. The van der Waals surface area contributed by atoms with Gasteiger partial charge < -0.3 is 9.73 Å². The monoisotopic (exact) mass is 311 g/mol. The second kappa shape index (κ2) is 7.09. The van der Waals surface area contributed by atoms with Crippen molar-refractivity contribution in [3.63, 3.8) is 0 Å². The van der Waals surface area contributed by atoms with Crippen LogP contribution in [0.25, 0.3) is 0 Å². The predicted octanol–water partition coefficient (Wildman–Crippen LogP) is 4.18. The Balaban J connectivity index is 1.69. The van der Waals surface area contributed by atoms with E-state index in [2.05, 4.69) is 11.4 Å². The molecule has 0 bridgehead atoms. The van der Waals surface area contributed by atoms with Gasteiger partial charge in [-0.3, -0.25) is 4.79 Å². The Labute approximate surface area is 133 Å². The number of carbonyl (C=O) groups excluding carboxylic acids is 1. The van der Waals surface area contributed by atoms with Crippen LogP contribution in [0.3, 0.4) is 0 Å². The summed E-state index contributed by atoms with van der Waals surface area (Å²) in [6.45, 7) is 0. The van der Waals surface area contributed by atoms with Crippen LogP contribution < -0.4 is 5.32 Å². The van der Waals surface area contributed by atoms with E-state index >= 15 is 0 Å². The molecule has 1 atom stereocenters. The van der Waals surface area contributed by atoms with E-state index in [0.29, 0.717) is 12.8 Å². The predicted molar refractivity (Wildman–Crippen MR) is 87.8 cm³/mol. The third-order valence-corrected chi connectivity index (χ3v) is 4.38. The molecule has 0 radical (unpaired) electrons. The summed E-state index contributed by atoms with van der Waals surface area (Å²) in [7, 11) is 0. The van der Waals surface area contributed by atoms with Gasteiger partial charge in [0, 0.05) is 17.7 Å². The van der Waals surface area contributed by atoms with Gasteiger partial charge in [0.15, 0.2) is 0 Å². The standard InChI is InChI=1S/C18H17NO2S/c20-17(11-10-15-8-4-12-21-15)19-18(16-9-5-13-22-16)14-6-2-1-3-7-14/h1-9,12-13,18H,10-11H2,(H,19,20)/t18-/m0/s1. The third-order valence-electron chi connectivity index (χ3n) is 3.44. The highest BCUT2D eigenvalue weighted by Crippen LogP contribution is 2.26. The summed E-state index contributed by atoms with van der Waals surface area (Å²) in [6.07, 6.45) is 2.67. The van der Waals surface area contributed by atoms with Crippen LogP contribution in [0.4, 0.5) is 0 Å². The lowest BCUT2D eigenvalue weighted by Crippen LogP contribution is -2.28. The second-order valence-electron chi connectivity index (χ2n) is 5.01. The SMILES string of the molecule is O=C(CCc1ccco1)N[C@@H](c1ccccc1)c1cccs1. The van der Waals surface area contributed by atoms with E-state index in [-0.39, 0.29) is 11.9 Å². The molecule has 1 N–H and O–H groups in total. The molecule has 22 heavy (non-hydrogen) atoms. The van der Waals surface area contributed by atoms with Gasteiger partial charge >= 0.3 is 0 Å². The van der Waals surface area contributed by atoms with Gasteiger partial charge in [-0.2, -0.15) is 0 Å². The van der Waals surface area contributed by atoms with Gasteiger partial charge in [0.25, 0.3) is 0 Å². The van der Waals surface area contributed by atoms with Gasteiger partial charge in [0.2, 0.25) is 5.91 Å². The minimum absolute atomic E-state index is 0.0265. The van der Waals surface area contributed by atoms with E-state index in [4.69, 9.17) is 4.42 Å². The van der Waals surface area contributed by atoms with Crippen LogP contribution in [0.2, 0.25) is 0 Å². The van der Waals surface area contributed by atoms with E-state index in [9.17, 15) is 4.79 Å². The van der Waals surface area contributed by atoms with Crippen molar-refractivity contribution in [2.45, 2.75) is 18.9 Å².